The van der Waals surface area contributed by atoms with Gasteiger partial charge in [-0.3, -0.25) is 9.59 Å². The first kappa shape index (κ1) is 25.0. The van der Waals surface area contributed by atoms with E-state index < -0.39 is 17.7 Å². The summed E-state index contributed by atoms with van der Waals surface area (Å²) in [4.78, 5) is 31.9. The minimum absolute atomic E-state index is 0.0947. The lowest BCUT2D eigenvalue weighted by Crippen LogP contribution is -2.31. The van der Waals surface area contributed by atoms with E-state index in [-0.39, 0.29) is 11.3 Å². The summed E-state index contributed by atoms with van der Waals surface area (Å²) in [7, 11) is 0. The Balaban J connectivity index is 1.39. The highest BCUT2D eigenvalue weighted by molar-refractivity contribution is 6.46. The van der Waals surface area contributed by atoms with Gasteiger partial charge in [-0.05, 0) is 48.7 Å². The molecule has 1 fully saturated rings. The molecule has 3 aromatic carbocycles. The average molecular weight is 508 g/mol. The first-order valence-electron chi connectivity index (χ1n) is 12.6. The smallest absolute Gasteiger partial charge is 0.295 e. The number of Topliss-reactive ketones (excluding diaryl/α,β-unsaturated/α-hetero) is 1. The molecule has 1 saturated heterocycles. The lowest BCUT2D eigenvalue weighted by atomic mass is 9.95. The maximum atomic E-state index is 13.2. The van der Waals surface area contributed by atoms with Gasteiger partial charge in [0.05, 0.1) is 17.9 Å². The van der Waals surface area contributed by atoms with Crippen LogP contribution in [-0.2, 0) is 22.7 Å². The van der Waals surface area contributed by atoms with Crippen molar-refractivity contribution in [3.63, 3.8) is 0 Å². The van der Waals surface area contributed by atoms with Crippen LogP contribution in [0.3, 0.4) is 0 Å². The SMILES string of the molecule is Cc1cccc(COc2ccc(/C(O)=C3/C(=O)C(=O)N(CCCn4ccnc4)C3c3ccccc3)cc2)c1. The van der Waals surface area contributed by atoms with E-state index in [2.05, 4.69) is 11.1 Å². The fraction of sp³-hybridized carbons (Fsp3) is 0.194. The highest BCUT2D eigenvalue weighted by Crippen LogP contribution is 2.39. The highest BCUT2D eigenvalue weighted by Gasteiger charge is 2.45. The molecule has 2 heterocycles. The van der Waals surface area contributed by atoms with Crippen molar-refractivity contribution in [2.24, 2.45) is 0 Å². The number of nitrogens with zero attached hydrogens (tertiary/aromatic N) is 3. The summed E-state index contributed by atoms with van der Waals surface area (Å²) in [6, 6.07) is 23.7. The van der Waals surface area contributed by atoms with E-state index in [0.29, 0.717) is 37.4 Å². The first-order valence-corrected chi connectivity index (χ1v) is 12.6. The number of aromatic nitrogens is 2. The van der Waals surface area contributed by atoms with Gasteiger partial charge in [-0.2, -0.15) is 0 Å². The molecule has 0 radical (unpaired) electrons. The molecule has 192 valence electrons. The molecule has 1 aromatic heterocycles. The van der Waals surface area contributed by atoms with E-state index in [4.69, 9.17) is 4.74 Å². The van der Waals surface area contributed by atoms with Gasteiger partial charge >= 0.3 is 0 Å². The Bertz CT molecular complexity index is 1440. The fourth-order valence-electron chi connectivity index (χ4n) is 4.77. The lowest BCUT2D eigenvalue weighted by Gasteiger charge is -2.25. The van der Waals surface area contributed by atoms with Gasteiger partial charge in [-0.1, -0.05) is 60.2 Å². The number of benzene rings is 3. The minimum atomic E-state index is -0.682. The molecule has 7 heteroatoms. The van der Waals surface area contributed by atoms with Gasteiger partial charge in [0, 0.05) is 31.0 Å². The molecule has 1 N–H and O–H groups in total. The monoisotopic (exact) mass is 507 g/mol. The minimum Gasteiger partial charge on any atom is -0.507 e. The zero-order chi connectivity index (χ0) is 26.5. The number of hydrogen-bond donors (Lipinski definition) is 1. The van der Waals surface area contributed by atoms with E-state index >= 15 is 0 Å². The van der Waals surface area contributed by atoms with Crippen molar-refractivity contribution >= 4 is 17.4 Å². The normalized spacial score (nSPS) is 16.7. The molecule has 38 heavy (non-hydrogen) atoms. The van der Waals surface area contributed by atoms with Crippen molar-refractivity contribution in [2.45, 2.75) is 32.5 Å². The van der Waals surface area contributed by atoms with Crippen LogP contribution in [0.1, 0.15) is 34.7 Å². The molecule has 1 aliphatic heterocycles. The van der Waals surface area contributed by atoms with Gasteiger partial charge in [0.2, 0.25) is 0 Å². The predicted octanol–water partition coefficient (Wildman–Crippen LogP) is 5.28. The fourth-order valence-corrected chi connectivity index (χ4v) is 4.77. The maximum Gasteiger partial charge on any atom is 0.295 e. The molecule has 1 amide bonds. The molecular weight excluding hydrogens is 478 g/mol. The summed E-state index contributed by atoms with van der Waals surface area (Å²) < 4.78 is 7.82. The van der Waals surface area contributed by atoms with Gasteiger partial charge in [0.15, 0.2) is 0 Å². The lowest BCUT2D eigenvalue weighted by molar-refractivity contribution is -0.139. The van der Waals surface area contributed by atoms with E-state index in [0.717, 1.165) is 16.7 Å². The largest absolute Gasteiger partial charge is 0.507 e. The van der Waals surface area contributed by atoms with Crippen LogP contribution in [0.25, 0.3) is 5.76 Å². The Morgan fingerprint density at radius 3 is 2.47 bits per heavy atom. The molecule has 0 spiro atoms. The number of aryl methyl sites for hydroxylation is 2. The summed E-state index contributed by atoms with van der Waals surface area (Å²) in [5, 5.41) is 11.3. The van der Waals surface area contributed by atoms with Crippen molar-refractivity contribution in [3.05, 3.63) is 125 Å². The summed E-state index contributed by atoms with van der Waals surface area (Å²) >= 11 is 0. The Kier molecular flexibility index (Phi) is 7.35. The molecule has 4 aromatic rings. The van der Waals surface area contributed by atoms with Crippen molar-refractivity contribution < 1.29 is 19.4 Å². The van der Waals surface area contributed by atoms with Crippen molar-refractivity contribution in [2.75, 3.05) is 6.54 Å². The number of imidazole rings is 1. The molecule has 1 aliphatic rings. The second-order valence-corrected chi connectivity index (χ2v) is 9.36. The molecule has 1 unspecified atom stereocenters. The molecule has 7 nitrogen and oxygen atoms in total. The van der Waals surface area contributed by atoms with Gasteiger partial charge in [0.1, 0.15) is 18.1 Å². The number of likely N-dealkylation sites (tertiary alicyclic amines) is 1. The van der Waals surface area contributed by atoms with Crippen molar-refractivity contribution in [1.29, 1.82) is 0 Å². The van der Waals surface area contributed by atoms with E-state index in [1.807, 2.05) is 66.2 Å². The zero-order valence-corrected chi connectivity index (χ0v) is 21.2. The van der Waals surface area contributed by atoms with E-state index in [1.54, 1.807) is 41.7 Å². The Morgan fingerprint density at radius 2 is 1.76 bits per heavy atom. The number of ether oxygens (including phenoxy) is 1. The number of carbonyl (C=O) groups excluding carboxylic acids is 2. The van der Waals surface area contributed by atoms with Gasteiger partial charge in [0.25, 0.3) is 11.7 Å². The van der Waals surface area contributed by atoms with Crippen LogP contribution in [0.2, 0.25) is 0 Å². The molecule has 1 atom stereocenters. The van der Waals surface area contributed by atoms with Crippen LogP contribution in [0, 0.1) is 6.92 Å². The summed E-state index contributed by atoms with van der Waals surface area (Å²) in [6.07, 6.45) is 5.92. The Morgan fingerprint density at radius 1 is 0.974 bits per heavy atom. The van der Waals surface area contributed by atoms with Crippen LogP contribution in [0.4, 0.5) is 0 Å². The van der Waals surface area contributed by atoms with Crippen molar-refractivity contribution in [1.82, 2.24) is 14.5 Å². The molecule has 0 bridgehead atoms. The van der Waals surface area contributed by atoms with Crippen LogP contribution < -0.4 is 4.74 Å². The molecule has 0 aliphatic carbocycles. The topological polar surface area (TPSA) is 84.7 Å². The number of hydrogen-bond acceptors (Lipinski definition) is 5. The third-order valence-corrected chi connectivity index (χ3v) is 6.65. The Labute approximate surface area is 221 Å². The highest BCUT2D eigenvalue weighted by atomic mass is 16.5. The standard InChI is InChI=1S/C31H29N3O4/c1-22-7-5-8-23(19-22)20-38-26-13-11-25(12-14-26)29(35)27-28(24-9-3-2-4-10-24)34(31(37)30(27)36)17-6-16-33-18-15-32-21-33/h2-5,7-15,18-19,21,28,35H,6,16-17,20H2,1H3/b29-27-. The quantitative estimate of drug-likeness (QED) is 0.189. The number of rotatable bonds is 9. The van der Waals surface area contributed by atoms with Crippen molar-refractivity contribution in [3.8, 4) is 5.75 Å². The molecule has 5 rings (SSSR count). The zero-order valence-electron chi connectivity index (χ0n) is 21.2. The van der Waals surface area contributed by atoms with Crippen LogP contribution in [0.5, 0.6) is 5.75 Å². The predicted molar refractivity (Wildman–Crippen MR) is 144 cm³/mol. The first-order chi connectivity index (χ1) is 18.5. The Hall–Kier alpha value is -4.65. The number of amides is 1. The van der Waals surface area contributed by atoms with Crippen LogP contribution >= 0.6 is 0 Å². The number of ketones is 1. The molecular formula is C31H29N3O4. The van der Waals surface area contributed by atoms with Crippen LogP contribution in [-0.4, -0.2) is 37.8 Å². The maximum absolute atomic E-state index is 13.2. The van der Waals surface area contributed by atoms with E-state index in [1.165, 1.54) is 0 Å². The number of carbonyl (C=O) groups is 2. The van der Waals surface area contributed by atoms with Gasteiger partial charge in [-0.15, -0.1) is 0 Å². The second kappa shape index (κ2) is 11.2. The third-order valence-electron chi connectivity index (χ3n) is 6.65. The number of aliphatic hydroxyl groups is 1. The average Bonchev–Trinajstić information content (AvgIpc) is 3.55. The van der Waals surface area contributed by atoms with Gasteiger partial charge < -0.3 is 19.3 Å². The summed E-state index contributed by atoms with van der Waals surface area (Å²) in [5.41, 5.74) is 3.54. The number of aliphatic hydroxyl groups excluding tert-OH is 1. The summed E-state index contributed by atoms with van der Waals surface area (Å²) in [6.45, 7) is 3.48. The van der Waals surface area contributed by atoms with Crippen LogP contribution in [0.15, 0.2) is 103 Å². The van der Waals surface area contributed by atoms with Gasteiger partial charge in [-0.25, -0.2) is 4.98 Å². The second-order valence-electron chi connectivity index (χ2n) is 9.36. The van der Waals surface area contributed by atoms with E-state index in [9.17, 15) is 14.7 Å². The molecule has 0 saturated carbocycles. The third kappa shape index (κ3) is 5.37. The summed E-state index contributed by atoms with van der Waals surface area (Å²) in [5.74, 6) is -0.843.